The summed E-state index contributed by atoms with van der Waals surface area (Å²) in [5, 5.41) is 5.76. The van der Waals surface area contributed by atoms with Crippen LogP contribution in [0.15, 0.2) is 225 Å². The van der Waals surface area contributed by atoms with E-state index in [9.17, 15) is 2.74 Å². The minimum absolute atomic E-state index is 0.0586. The fourth-order valence-corrected chi connectivity index (χ4v) is 21.9. The molecule has 4 heterocycles. The molecule has 602 valence electrons. The van der Waals surface area contributed by atoms with Gasteiger partial charge in [-0.25, -0.2) is 18.3 Å². The molecule has 0 unspecified atom stereocenters. The van der Waals surface area contributed by atoms with E-state index in [1.165, 1.54) is 87.6 Å². The van der Waals surface area contributed by atoms with Crippen molar-refractivity contribution in [2.45, 2.75) is 215 Å². The molecule has 0 aliphatic rings. The van der Waals surface area contributed by atoms with E-state index < -0.39 is 81.4 Å². The first-order valence-electron chi connectivity index (χ1n) is 47.0. The van der Waals surface area contributed by atoms with Crippen molar-refractivity contribution in [2.24, 2.45) is 44.4 Å². The molecule has 8 aromatic carbocycles. The molecule has 0 radical (unpaired) electrons. The summed E-state index contributed by atoms with van der Waals surface area (Å²) in [7, 11) is 1.51. The SMILES string of the molecule is Cc1cc[n+](C)c(-c2cc(-c3ccccc3)c([Si](C)(C)C)cc2C)c1.[2H]C([2H])([2H])c1c[n+](C)c(-c2cc(-c3ccccc3)c([Si](C)(C)C)cc2C)cc1C.[2H]C([2H])([2H])c1c[n+](C)c(-c2cc(-c3ccccc3)c([Si](C)(C)C)cc2C)cc1C([2H])([2H])C(C)(C)C.[2H]C([2H])(c1cc(-c2cc(-c3ccccc3)c([Si](C)(C)C)cc2C)[n+](C)cc1C([2H])([2H])C(C)(C)C)C(C)(C)C. The van der Waals surface area contributed by atoms with Crippen molar-refractivity contribution in [3.8, 4) is 89.5 Å². The van der Waals surface area contributed by atoms with E-state index in [2.05, 4.69) is 283 Å². The first-order chi connectivity index (χ1) is 58.1. The molecular weight excluding hydrogens is 1450 g/mol. The Morgan fingerprint density at radius 3 is 0.843 bits per heavy atom. The highest BCUT2D eigenvalue weighted by Gasteiger charge is 2.32. The lowest BCUT2D eigenvalue weighted by Gasteiger charge is -2.25. The average Bonchev–Trinajstić information content (AvgIpc) is 0.728. The standard InChI is InChI=1S/C32H46NSi.C28H38NSi.C24H30NSi.C23H28NSi/c1-23-17-30(34(9,10)11)28(24-15-13-12-14-16-24)19-27(23)29-18-25(20-31(2,3)4)26(22-33(29)8)21-32(5,6)7;1-20-15-27(30(7,8)9)25(22-13-11-10-12-14-22)17-24(20)26-16-23(18-28(3,4)5)21(2)19-29(26)6;1-17-13-23(25(4)16-19(17)3)21-15-22(20-11-9-8-10-12-20)24(14-18(21)2)26(5,6)7;1-17-12-13-24(3)22(14-17)20-16-21(19-10-8-7-9-11-19)23(15-18(20)2)25(4,5)6/h12-19,22H,20-21H2,1-11H3;10-17,19H,18H2,1-9H3;8-16H,1-7H3;7-16H,1-6H3/q4*+1/i20D2,21D2;2D3,18D2;3D3;. The van der Waals surface area contributed by atoms with Crippen LogP contribution >= 0.6 is 0 Å². The summed E-state index contributed by atoms with van der Waals surface area (Å²) in [6, 6.07) is 70.9. The minimum Gasteiger partial charge on any atom is -0.201 e. The lowest BCUT2D eigenvalue weighted by molar-refractivity contribution is -0.661. The molecule has 0 bridgehead atoms. The maximum absolute atomic E-state index is 9.22. The number of nitrogens with zero attached hydrogens (tertiary/aromatic N) is 4. The molecule has 0 spiro atoms. The Balaban J connectivity index is 0.000000193. The van der Waals surface area contributed by atoms with Crippen molar-refractivity contribution in [2.75, 3.05) is 0 Å². The van der Waals surface area contributed by atoms with Gasteiger partial charge in [-0.1, -0.05) is 307 Å². The summed E-state index contributed by atoms with van der Waals surface area (Å²) >= 11 is 0. The topological polar surface area (TPSA) is 15.5 Å². The van der Waals surface area contributed by atoms with Gasteiger partial charge in [0.2, 0.25) is 22.8 Å². The molecule has 4 aromatic heterocycles. The lowest BCUT2D eigenvalue weighted by Crippen LogP contribution is -2.39. The predicted molar refractivity (Wildman–Crippen MR) is 513 cm³/mol. The number of hydrogen-bond donors (Lipinski definition) is 0. The molecule has 0 saturated carbocycles. The number of benzene rings is 8. The second kappa shape index (κ2) is 36.0. The van der Waals surface area contributed by atoms with Gasteiger partial charge in [0, 0.05) is 85.7 Å². The molecule has 0 aliphatic heterocycles. The molecule has 4 nitrogen and oxygen atoms in total. The zero-order valence-corrected chi connectivity index (χ0v) is 79.7. The highest BCUT2D eigenvalue weighted by Crippen LogP contribution is 2.37. The predicted octanol–water partition coefficient (Wildman–Crippen LogP) is 24.8. The van der Waals surface area contributed by atoms with E-state index in [0.717, 1.165) is 56.0 Å². The van der Waals surface area contributed by atoms with E-state index in [1.54, 1.807) is 18.5 Å². The summed E-state index contributed by atoms with van der Waals surface area (Å²) in [6.07, 6.45) is 2.00. The van der Waals surface area contributed by atoms with Crippen LogP contribution in [0.1, 0.15) is 140 Å². The first kappa shape index (κ1) is 73.8. The van der Waals surface area contributed by atoms with Crippen LogP contribution in [0.3, 0.4) is 0 Å². The Hall–Kier alpha value is -8.77. The van der Waals surface area contributed by atoms with Gasteiger partial charge in [-0.3, -0.25) is 0 Å². The van der Waals surface area contributed by atoms with Crippen LogP contribution in [-0.4, -0.2) is 32.3 Å². The Kier molecular flexibility index (Phi) is 23.1. The summed E-state index contributed by atoms with van der Waals surface area (Å²) in [5.41, 5.74) is 24.7. The fraction of sp³-hybridized carbons (Fsp3) is 0.364. The van der Waals surface area contributed by atoms with E-state index in [4.69, 9.17) is 13.7 Å². The Morgan fingerprint density at radius 1 is 0.270 bits per heavy atom. The monoisotopic (exact) mass is 1610 g/mol. The lowest BCUT2D eigenvalue weighted by atomic mass is 9.81. The second-order valence-electron chi connectivity index (χ2n) is 39.2. The molecular formula is C107H142N4Si4+4. The highest BCUT2D eigenvalue weighted by molar-refractivity contribution is 6.91. The van der Waals surface area contributed by atoms with Crippen molar-refractivity contribution in [3.05, 3.63) is 286 Å². The quantitative estimate of drug-likeness (QED) is 0.0718. The normalized spacial score (nSPS) is 14.3. The average molecular weight is 1610 g/mol. The minimum atomic E-state index is -2.42. The molecule has 8 heteroatoms. The fourth-order valence-electron chi connectivity index (χ4n) is 15.2. The molecule has 0 saturated heterocycles. The van der Waals surface area contributed by atoms with Crippen LogP contribution in [0, 0.1) is 71.5 Å². The number of rotatable bonds is 15. The number of aromatic nitrogens is 4. The summed E-state index contributed by atoms with van der Waals surface area (Å²) in [6.45, 7) is 53.4. The van der Waals surface area contributed by atoms with Gasteiger partial charge in [0.25, 0.3) is 0 Å². The zero-order chi connectivity index (χ0) is 95.4. The van der Waals surface area contributed by atoms with Crippen molar-refractivity contribution in [1.29, 1.82) is 0 Å². The Morgan fingerprint density at radius 2 is 0.539 bits per heavy atom. The summed E-state index contributed by atoms with van der Waals surface area (Å²) < 4.78 is 110. The summed E-state index contributed by atoms with van der Waals surface area (Å²) in [4.78, 5) is 0. The zero-order valence-electron chi connectivity index (χ0n) is 87.7. The van der Waals surface area contributed by atoms with Gasteiger partial charge in [0.05, 0.1) is 32.3 Å². The van der Waals surface area contributed by atoms with Crippen LogP contribution in [0.5, 0.6) is 0 Å². The molecule has 0 fully saturated rings. The van der Waals surface area contributed by atoms with Gasteiger partial charge >= 0.3 is 0 Å². The smallest absolute Gasteiger partial charge is 0.201 e. The Labute approximate surface area is 718 Å². The van der Waals surface area contributed by atoms with Crippen molar-refractivity contribution in [3.63, 3.8) is 0 Å². The molecule has 115 heavy (non-hydrogen) atoms. The highest BCUT2D eigenvalue weighted by atomic mass is 28.3. The van der Waals surface area contributed by atoms with Crippen molar-refractivity contribution < 1.29 is 34.7 Å². The molecule has 0 amide bonds. The molecule has 0 N–H and O–H groups in total. The second-order valence-corrected chi connectivity index (χ2v) is 59.4. The van der Waals surface area contributed by atoms with E-state index in [0.29, 0.717) is 16.7 Å². The van der Waals surface area contributed by atoms with E-state index >= 15 is 0 Å². The van der Waals surface area contributed by atoms with Gasteiger partial charge in [-0.15, -0.1) is 0 Å². The van der Waals surface area contributed by atoms with Gasteiger partial charge in [0.1, 0.15) is 28.2 Å². The van der Waals surface area contributed by atoms with Crippen molar-refractivity contribution in [1.82, 2.24) is 0 Å². The summed E-state index contributed by atoms with van der Waals surface area (Å²) in [5.74, 6) is 0. The van der Waals surface area contributed by atoms with Gasteiger partial charge in [-0.2, -0.15) is 0 Å². The first-order valence-corrected chi connectivity index (χ1v) is 55.0. The maximum Gasteiger partial charge on any atom is 0.212 e. The molecule has 12 aromatic rings. The van der Waals surface area contributed by atoms with Gasteiger partial charge < -0.3 is 0 Å². The van der Waals surface area contributed by atoms with Crippen LogP contribution in [-0.2, 0) is 47.3 Å². The number of pyridine rings is 4. The molecule has 0 aliphatic carbocycles. The van der Waals surface area contributed by atoms with Gasteiger partial charge in [0.15, 0.2) is 24.8 Å². The largest absolute Gasteiger partial charge is 0.212 e. The van der Waals surface area contributed by atoms with Crippen LogP contribution in [0.25, 0.3) is 89.5 Å². The van der Waals surface area contributed by atoms with E-state index in [1.807, 2.05) is 153 Å². The third-order valence-corrected chi connectivity index (χ3v) is 29.1. The number of hydrogen-bond acceptors (Lipinski definition) is 0. The van der Waals surface area contributed by atoms with Crippen LogP contribution < -0.4 is 39.0 Å². The third-order valence-electron chi connectivity index (χ3n) is 21.0. The third kappa shape index (κ3) is 23.3. The van der Waals surface area contributed by atoms with Crippen LogP contribution in [0.2, 0.25) is 78.6 Å². The molecule has 12 rings (SSSR count). The Bertz CT molecular complexity index is 5970. The van der Waals surface area contributed by atoms with E-state index in [-0.39, 0.29) is 11.1 Å². The van der Waals surface area contributed by atoms with Crippen LogP contribution in [0.4, 0.5) is 0 Å². The maximum atomic E-state index is 9.22. The van der Waals surface area contributed by atoms with Gasteiger partial charge in [-0.05, 0) is 204 Å². The molecule has 0 atom stereocenters. The van der Waals surface area contributed by atoms with Crippen molar-refractivity contribution >= 4 is 53.0 Å². The number of aryl methyl sites for hydroxylation is 12.